The highest BCUT2D eigenvalue weighted by atomic mass is 32.2. The molecule has 2 N–H and O–H groups in total. The van der Waals surface area contributed by atoms with E-state index in [9.17, 15) is 9.35 Å². The molecular formula is C15H21NO7S2. The van der Waals surface area contributed by atoms with Crippen molar-refractivity contribution >= 4 is 35.1 Å². The van der Waals surface area contributed by atoms with Gasteiger partial charge in [0.15, 0.2) is 0 Å². The van der Waals surface area contributed by atoms with Gasteiger partial charge < -0.3 is 23.9 Å². The third kappa shape index (κ3) is 7.12. The van der Waals surface area contributed by atoms with Gasteiger partial charge in [0, 0.05) is 49.6 Å². The van der Waals surface area contributed by atoms with Crippen LogP contribution < -0.4 is 9.47 Å². The van der Waals surface area contributed by atoms with Gasteiger partial charge in [-0.2, -0.15) is 0 Å². The van der Waals surface area contributed by atoms with Gasteiger partial charge in [-0.1, -0.05) is 0 Å². The second-order valence-corrected chi connectivity index (χ2v) is 6.40. The molecule has 0 aliphatic carbocycles. The van der Waals surface area contributed by atoms with Crippen molar-refractivity contribution in [2.45, 2.75) is 11.8 Å². The molecule has 0 bridgehead atoms. The summed E-state index contributed by atoms with van der Waals surface area (Å²) in [6.45, 7) is 3.78. The first kappa shape index (κ1) is 21.6. The van der Waals surface area contributed by atoms with E-state index in [0.717, 1.165) is 32.0 Å². The van der Waals surface area contributed by atoms with E-state index in [0.29, 0.717) is 47.2 Å². The quantitative estimate of drug-likeness (QED) is 0.574. The van der Waals surface area contributed by atoms with Crippen LogP contribution in [0.3, 0.4) is 0 Å². The fourth-order valence-electron chi connectivity index (χ4n) is 1.90. The Morgan fingerprint density at radius 2 is 1.64 bits per heavy atom. The summed E-state index contributed by atoms with van der Waals surface area (Å²) in [4.78, 5) is 21.8. The van der Waals surface area contributed by atoms with E-state index in [4.69, 9.17) is 24.1 Å². The lowest BCUT2D eigenvalue weighted by atomic mass is 10.2. The Bertz CT molecular complexity index is 562. The molecule has 10 heteroatoms. The lowest BCUT2D eigenvalue weighted by molar-refractivity contribution is -0.134. The maximum Gasteiger partial charge on any atom is 0.300 e. The molecule has 0 amide bonds. The number of carboxylic acids is 1. The molecule has 0 unspecified atom stereocenters. The topological polar surface area (TPSA) is 106 Å². The van der Waals surface area contributed by atoms with Crippen molar-refractivity contribution < 1.29 is 33.5 Å². The largest absolute Gasteiger partial charge is 0.495 e. The van der Waals surface area contributed by atoms with Gasteiger partial charge in [-0.15, -0.1) is 0 Å². The van der Waals surface area contributed by atoms with E-state index in [1.807, 2.05) is 4.31 Å². The summed E-state index contributed by atoms with van der Waals surface area (Å²) in [6, 6.07) is 3.22. The van der Waals surface area contributed by atoms with Gasteiger partial charge in [0.2, 0.25) is 5.12 Å². The molecule has 0 saturated carbocycles. The monoisotopic (exact) mass is 391 g/mol. The zero-order chi connectivity index (χ0) is 18.8. The summed E-state index contributed by atoms with van der Waals surface area (Å²) in [5, 5.41) is 7.32. The number of carboxylic acid groups (broad SMARTS) is 1. The normalized spacial score (nSPS) is 14.2. The molecule has 0 aromatic heterocycles. The van der Waals surface area contributed by atoms with Crippen molar-refractivity contribution in [2.24, 2.45) is 0 Å². The van der Waals surface area contributed by atoms with Crippen LogP contribution in [-0.2, 0) is 9.53 Å². The van der Waals surface area contributed by atoms with E-state index in [2.05, 4.69) is 0 Å². The molecule has 1 aromatic carbocycles. The average molecular weight is 391 g/mol. The second kappa shape index (κ2) is 11.2. The molecule has 8 nitrogen and oxygen atoms in total. The first-order valence-electron chi connectivity index (χ1n) is 7.24. The molecule has 1 fully saturated rings. The number of nitrogens with zero attached hydrogens (tertiary/aromatic N) is 1. The predicted octanol–water partition coefficient (Wildman–Crippen LogP) is 2.48. The maximum atomic E-state index is 12.3. The number of ether oxygens (including phenoxy) is 3. The summed E-state index contributed by atoms with van der Waals surface area (Å²) in [7, 11) is 2.97. The van der Waals surface area contributed by atoms with Gasteiger partial charge in [-0.05, 0) is 12.1 Å². The molecule has 0 radical (unpaired) electrons. The Balaban J connectivity index is 0.000000705. The van der Waals surface area contributed by atoms with E-state index in [-0.39, 0.29) is 5.12 Å². The van der Waals surface area contributed by atoms with Gasteiger partial charge in [-0.3, -0.25) is 9.59 Å². The van der Waals surface area contributed by atoms with E-state index < -0.39 is 5.97 Å². The minimum absolute atomic E-state index is 0.0945. The van der Waals surface area contributed by atoms with Crippen LogP contribution in [0.15, 0.2) is 17.0 Å². The van der Waals surface area contributed by atoms with Gasteiger partial charge in [-0.25, -0.2) is 4.31 Å². The predicted molar refractivity (Wildman–Crippen MR) is 95.7 cm³/mol. The van der Waals surface area contributed by atoms with Crippen LogP contribution in [0.5, 0.6) is 11.5 Å². The number of rotatable bonds is 5. The first-order chi connectivity index (χ1) is 11.9. The third-order valence-electron chi connectivity index (χ3n) is 2.97. The highest BCUT2D eigenvalue weighted by Crippen LogP contribution is 2.38. The Kier molecular flexibility index (Phi) is 9.68. The fraction of sp³-hybridized carbons (Fsp3) is 0.467. The van der Waals surface area contributed by atoms with Gasteiger partial charge in [0.25, 0.3) is 5.97 Å². The Morgan fingerprint density at radius 3 is 2.04 bits per heavy atom. The summed E-state index contributed by atoms with van der Waals surface area (Å²) in [5.74, 6) is -0.0134. The molecule has 1 saturated heterocycles. The molecule has 2 rings (SSSR count). The molecule has 1 heterocycles. The number of hydrogen-bond donors (Lipinski definition) is 2. The summed E-state index contributed by atoms with van der Waals surface area (Å²) >= 11 is 1.69. The molecule has 1 aromatic rings. The van der Waals surface area contributed by atoms with E-state index in [1.165, 1.54) is 14.2 Å². The number of morpholine rings is 1. The minimum Gasteiger partial charge on any atom is -0.495 e. The van der Waals surface area contributed by atoms with Crippen molar-refractivity contribution in [3.8, 4) is 11.5 Å². The van der Waals surface area contributed by atoms with Gasteiger partial charge in [0.05, 0.1) is 27.4 Å². The van der Waals surface area contributed by atoms with Crippen LogP contribution in [0.25, 0.3) is 0 Å². The lowest BCUT2D eigenvalue weighted by Gasteiger charge is -2.24. The number of carbonyl (C=O) groups excluding carboxylic acids is 1. The van der Waals surface area contributed by atoms with Gasteiger partial charge in [0.1, 0.15) is 16.4 Å². The number of carbonyl (C=O) groups is 2. The molecular weight excluding hydrogens is 370 g/mol. The zero-order valence-corrected chi connectivity index (χ0v) is 15.8. The van der Waals surface area contributed by atoms with Crippen molar-refractivity contribution in [3.05, 3.63) is 17.7 Å². The smallest absolute Gasteiger partial charge is 0.300 e. The van der Waals surface area contributed by atoms with E-state index in [1.54, 1.807) is 12.1 Å². The number of methoxy groups -OCH3 is 2. The molecule has 1 aliphatic heterocycles. The minimum atomic E-state index is -0.833. The fourth-order valence-corrected chi connectivity index (χ4v) is 3.15. The summed E-state index contributed by atoms with van der Waals surface area (Å²) in [6.07, 6.45) is 0. The van der Waals surface area contributed by atoms with Crippen LogP contribution in [0.4, 0.5) is 0 Å². The second-order valence-electron chi connectivity index (χ2n) is 4.74. The third-order valence-corrected chi connectivity index (χ3v) is 4.58. The Labute approximate surface area is 154 Å². The van der Waals surface area contributed by atoms with Crippen molar-refractivity contribution in [2.75, 3.05) is 40.5 Å². The van der Waals surface area contributed by atoms with Gasteiger partial charge >= 0.3 is 0 Å². The molecule has 1 aliphatic rings. The lowest BCUT2D eigenvalue weighted by Crippen LogP contribution is -2.32. The maximum absolute atomic E-state index is 12.3. The molecule has 25 heavy (non-hydrogen) atoms. The standard InChI is InChI=1S/C13H17NO5S2.C2H4O2/c1-17-10-7-9(8-11(18-2)12(10)21-16)13(15)20-14-3-5-19-6-4-14;1-2(3)4/h7-8,16H,3-6H2,1-2H3;1H3,(H,3,4). The summed E-state index contributed by atoms with van der Waals surface area (Å²) in [5.41, 5.74) is 0.470. The Hall–Kier alpha value is -1.46. The van der Waals surface area contributed by atoms with Crippen molar-refractivity contribution in [3.63, 3.8) is 0 Å². The number of benzene rings is 1. The van der Waals surface area contributed by atoms with Crippen LogP contribution >= 0.6 is 24.0 Å². The number of aliphatic carboxylic acids is 1. The highest BCUT2D eigenvalue weighted by Gasteiger charge is 2.20. The molecule has 140 valence electrons. The van der Waals surface area contributed by atoms with Crippen molar-refractivity contribution in [1.82, 2.24) is 4.31 Å². The van der Waals surface area contributed by atoms with Crippen LogP contribution in [-0.4, -0.2) is 65.6 Å². The zero-order valence-electron chi connectivity index (χ0n) is 14.2. The first-order valence-corrected chi connectivity index (χ1v) is 8.79. The van der Waals surface area contributed by atoms with Crippen LogP contribution in [0.2, 0.25) is 0 Å². The average Bonchev–Trinajstić information content (AvgIpc) is 2.60. The summed E-state index contributed by atoms with van der Waals surface area (Å²) < 4.78 is 26.9. The number of hydrogen-bond acceptors (Lipinski definition) is 9. The van der Waals surface area contributed by atoms with Crippen molar-refractivity contribution in [1.29, 1.82) is 0 Å². The Morgan fingerprint density at radius 1 is 1.16 bits per heavy atom. The van der Waals surface area contributed by atoms with Crippen LogP contribution in [0.1, 0.15) is 17.3 Å². The van der Waals surface area contributed by atoms with Crippen LogP contribution in [0, 0.1) is 0 Å². The SMILES string of the molecule is CC(=O)O.COc1cc(C(=O)SN2CCOCC2)cc(OC)c1SO. The molecule has 0 spiro atoms. The van der Waals surface area contributed by atoms with E-state index >= 15 is 0 Å². The molecule has 0 atom stereocenters. The highest BCUT2D eigenvalue weighted by molar-refractivity contribution is 8.12.